The number of ether oxygens (including phenoxy) is 1. The predicted molar refractivity (Wildman–Crippen MR) is 126 cm³/mol. The van der Waals surface area contributed by atoms with Crippen molar-refractivity contribution in [3.05, 3.63) is 42.0 Å². The van der Waals surface area contributed by atoms with Crippen LogP contribution in [0.15, 0.2) is 30.6 Å². The molecule has 0 radical (unpaired) electrons. The average Bonchev–Trinajstić information content (AvgIpc) is 3.31. The molecule has 180 valence electrons. The third-order valence-corrected chi connectivity index (χ3v) is 5.29. The maximum atomic E-state index is 14.2. The lowest BCUT2D eigenvalue weighted by molar-refractivity contribution is -0.137. The first-order valence-electron chi connectivity index (χ1n) is 10.6. The molecule has 0 fully saturated rings. The molecule has 0 saturated carbocycles. The number of rotatable bonds is 4. The van der Waals surface area contributed by atoms with Gasteiger partial charge in [0.1, 0.15) is 29.1 Å². The van der Waals surface area contributed by atoms with Gasteiger partial charge in [0.15, 0.2) is 5.82 Å². The normalized spacial score (nSPS) is 11.6. The van der Waals surface area contributed by atoms with Gasteiger partial charge in [0.2, 0.25) is 0 Å². The van der Waals surface area contributed by atoms with Gasteiger partial charge in [-0.25, -0.2) is 19.2 Å². The SMILES string of the molecule is CN(C(=O)OC(C)(C)C)c1nc2c(cc(-c3cc(F)cc(C#N)c3)n2CC(=O)O)c2c1ncn2C. The van der Waals surface area contributed by atoms with Crippen LogP contribution in [0.4, 0.5) is 15.0 Å². The van der Waals surface area contributed by atoms with E-state index < -0.39 is 30.0 Å². The number of carbonyl (C=O) groups excluding carboxylic acids is 1. The van der Waals surface area contributed by atoms with Crippen LogP contribution in [0.3, 0.4) is 0 Å². The summed E-state index contributed by atoms with van der Waals surface area (Å²) >= 11 is 0. The Balaban J connectivity index is 2.04. The van der Waals surface area contributed by atoms with E-state index in [4.69, 9.17) is 4.74 Å². The molecule has 1 amide bonds. The van der Waals surface area contributed by atoms with Gasteiger partial charge in [-0.1, -0.05) is 0 Å². The topological polar surface area (TPSA) is 126 Å². The van der Waals surface area contributed by atoms with Crippen LogP contribution < -0.4 is 4.90 Å². The molecule has 0 atom stereocenters. The third kappa shape index (κ3) is 4.38. The number of imidazole rings is 1. The minimum atomic E-state index is -1.14. The van der Waals surface area contributed by atoms with Crippen LogP contribution in [-0.2, 0) is 23.1 Å². The minimum absolute atomic E-state index is 0.0936. The smallest absolute Gasteiger partial charge is 0.415 e. The zero-order valence-corrected chi connectivity index (χ0v) is 19.8. The summed E-state index contributed by atoms with van der Waals surface area (Å²) in [4.78, 5) is 34.8. The molecule has 0 spiro atoms. The second-order valence-corrected chi connectivity index (χ2v) is 9.11. The molecule has 0 aliphatic carbocycles. The first kappa shape index (κ1) is 23.7. The summed E-state index contributed by atoms with van der Waals surface area (Å²) in [6.07, 6.45) is 0.902. The molecule has 3 aromatic heterocycles. The van der Waals surface area contributed by atoms with Crippen LogP contribution in [0.1, 0.15) is 26.3 Å². The highest BCUT2D eigenvalue weighted by Crippen LogP contribution is 2.36. The summed E-state index contributed by atoms with van der Waals surface area (Å²) in [5.74, 6) is -1.60. The minimum Gasteiger partial charge on any atom is -0.480 e. The van der Waals surface area contributed by atoms with Crippen molar-refractivity contribution in [2.75, 3.05) is 11.9 Å². The van der Waals surface area contributed by atoms with E-state index in [0.29, 0.717) is 27.7 Å². The zero-order valence-electron chi connectivity index (χ0n) is 19.8. The Kier molecular flexibility index (Phi) is 5.68. The molecule has 0 unspecified atom stereocenters. The number of benzene rings is 1. The molecule has 1 N–H and O–H groups in total. The van der Waals surface area contributed by atoms with Crippen LogP contribution in [0.5, 0.6) is 0 Å². The Morgan fingerprint density at radius 3 is 2.60 bits per heavy atom. The largest absolute Gasteiger partial charge is 0.480 e. The van der Waals surface area contributed by atoms with Crippen molar-refractivity contribution in [1.29, 1.82) is 5.26 Å². The summed E-state index contributed by atoms with van der Waals surface area (Å²) < 4.78 is 22.9. The summed E-state index contributed by atoms with van der Waals surface area (Å²) in [7, 11) is 3.25. The Hall–Kier alpha value is -4.46. The quantitative estimate of drug-likeness (QED) is 0.469. The van der Waals surface area contributed by atoms with Gasteiger partial charge >= 0.3 is 12.1 Å². The molecule has 0 aliphatic heterocycles. The average molecular weight is 478 g/mol. The molecule has 1 aromatic carbocycles. The molecule has 0 bridgehead atoms. The number of anilines is 1. The van der Waals surface area contributed by atoms with Crippen molar-refractivity contribution in [2.45, 2.75) is 32.9 Å². The highest BCUT2D eigenvalue weighted by molar-refractivity contribution is 6.10. The number of carboxylic acids is 1. The fourth-order valence-corrected chi connectivity index (χ4v) is 3.89. The molecular formula is C24H23FN6O4. The molecule has 4 aromatic rings. The number of nitrogens with zero attached hydrogens (tertiary/aromatic N) is 6. The number of aliphatic carboxylic acids is 1. The predicted octanol–water partition coefficient (Wildman–Crippen LogP) is 4.06. The van der Waals surface area contributed by atoms with Gasteiger partial charge in [0.05, 0.1) is 29.2 Å². The van der Waals surface area contributed by atoms with Gasteiger partial charge in [-0.3, -0.25) is 9.69 Å². The molecule has 11 heteroatoms. The van der Waals surface area contributed by atoms with E-state index in [9.17, 15) is 24.3 Å². The number of aromatic nitrogens is 4. The molecule has 0 saturated heterocycles. The van der Waals surface area contributed by atoms with Gasteiger partial charge in [-0.05, 0) is 45.0 Å². The second kappa shape index (κ2) is 8.39. The van der Waals surface area contributed by atoms with Crippen molar-refractivity contribution in [1.82, 2.24) is 19.1 Å². The van der Waals surface area contributed by atoms with Crippen LogP contribution in [-0.4, -0.2) is 48.9 Å². The first-order chi connectivity index (χ1) is 16.4. The number of nitriles is 1. The van der Waals surface area contributed by atoms with Crippen LogP contribution >= 0.6 is 0 Å². The summed E-state index contributed by atoms with van der Waals surface area (Å²) in [5.41, 5.74) is 1.28. The van der Waals surface area contributed by atoms with E-state index in [2.05, 4.69) is 9.97 Å². The number of carbonyl (C=O) groups is 2. The number of carboxylic acid groups (broad SMARTS) is 1. The van der Waals surface area contributed by atoms with Crippen LogP contribution in [0.25, 0.3) is 33.3 Å². The van der Waals surface area contributed by atoms with E-state index in [-0.39, 0.29) is 17.0 Å². The first-order valence-corrected chi connectivity index (χ1v) is 10.6. The van der Waals surface area contributed by atoms with Gasteiger partial charge in [-0.15, -0.1) is 0 Å². The second-order valence-electron chi connectivity index (χ2n) is 9.11. The lowest BCUT2D eigenvalue weighted by atomic mass is 10.1. The Morgan fingerprint density at radius 1 is 1.26 bits per heavy atom. The van der Waals surface area contributed by atoms with Crippen molar-refractivity contribution in [3.63, 3.8) is 0 Å². The van der Waals surface area contributed by atoms with E-state index in [1.807, 2.05) is 6.07 Å². The number of pyridine rings is 1. The number of aryl methyl sites for hydroxylation is 1. The van der Waals surface area contributed by atoms with Crippen molar-refractivity contribution >= 4 is 39.9 Å². The Morgan fingerprint density at radius 2 is 1.97 bits per heavy atom. The Labute approximate surface area is 199 Å². The lowest BCUT2D eigenvalue weighted by Crippen LogP contribution is -2.34. The van der Waals surface area contributed by atoms with E-state index in [1.165, 1.54) is 28.6 Å². The number of hydrogen-bond donors (Lipinski definition) is 1. The number of amides is 1. The Bertz CT molecular complexity index is 1540. The van der Waals surface area contributed by atoms with E-state index in [1.54, 1.807) is 44.8 Å². The monoisotopic (exact) mass is 478 g/mol. The van der Waals surface area contributed by atoms with Crippen LogP contribution in [0, 0.1) is 17.1 Å². The van der Waals surface area contributed by atoms with Gasteiger partial charge in [-0.2, -0.15) is 5.26 Å². The highest BCUT2D eigenvalue weighted by Gasteiger charge is 2.27. The zero-order chi connectivity index (χ0) is 25.7. The number of halogens is 1. The summed E-state index contributed by atoms with van der Waals surface area (Å²) in [6, 6.07) is 7.39. The molecule has 10 nitrogen and oxygen atoms in total. The molecule has 4 rings (SSSR count). The maximum absolute atomic E-state index is 14.2. The van der Waals surface area contributed by atoms with Crippen molar-refractivity contribution < 1.29 is 23.8 Å². The van der Waals surface area contributed by atoms with Gasteiger partial charge < -0.3 is 19.0 Å². The summed E-state index contributed by atoms with van der Waals surface area (Å²) in [5, 5.41) is 19.4. The fourth-order valence-electron chi connectivity index (χ4n) is 3.89. The standard InChI is InChI=1S/C24H23FN6O4/c1-24(2,3)35-23(34)30(5)22-19-20(29(4)12-27-19)16-9-17(31(11-18(32)33)21(16)28-22)14-6-13(10-26)7-15(25)8-14/h6-9,12H,11H2,1-5H3,(H,32,33). The highest BCUT2D eigenvalue weighted by atomic mass is 19.1. The lowest BCUT2D eigenvalue weighted by Gasteiger charge is -2.24. The van der Waals surface area contributed by atoms with Crippen molar-refractivity contribution in [3.8, 4) is 17.3 Å². The molecular weight excluding hydrogens is 455 g/mol. The van der Waals surface area contributed by atoms with Gasteiger partial charge in [0, 0.05) is 25.0 Å². The van der Waals surface area contributed by atoms with Crippen LogP contribution in [0.2, 0.25) is 0 Å². The van der Waals surface area contributed by atoms with E-state index in [0.717, 1.165) is 6.07 Å². The number of fused-ring (bicyclic) bond motifs is 3. The third-order valence-electron chi connectivity index (χ3n) is 5.29. The molecule has 0 aliphatic rings. The van der Waals surface area contributed by atoms with E-state index >= 15 is 0 Å². The maximum Gasteiger partial charge on any atom is 0.415 e. The number of hydrogen-bond acceptors (Lipinski definition) is 6. The van der Waals surface area contributed by atoms with Crippen molar-refractivity contribution in [2.24, 2.45) is 7.05 Å². The summed E-state index contributed by atoms with van der Waals surface area (Å²) in [6.45, 7) is 4.74. The van der Waals surface area contributed by atoms with Gasteiger partial charge in [0.25, 0.3) is 0 Å². The molecule has 3 heterocycles. The molecule has 35 heavy (non-hydrogen) atoms. The fraction of sp³-hybridized carbons (Fsp3) is 0.292.